The molecule has 2 aliphatic heterocycles. The van der Waals surface area contributed by atoms with Crippen LogP contribution in [-0.2, 0) is 19.9 Å². The molecule has 0 radical (unpaired) electrons. The fourth-order valence-corrected chi connectivity index (χ4v) is 8.54. The Morgan fingerprint density at radius 3 is 2.52 bits per heavy atom. The Hall–Kier alpha value is -1.66. The van der Waals surface area contributed by atoms with E-state index in [-0.39, 0.29) is 29.3 Å². The highest BCUT2D eigenvalue weighted by Crippen LogP contribution is 2.28. The van der Waals surface area contributed by atoms with Gasteiger partial charge in [0.25, 0.3) is 10.0 Å². The number of benzene rings is 1. The summed E-state index contributed by atoms with van der Waals surface area (Å²) in [4.78, 5) is 4.30. The molecule has 8 nitrogen and oxygen atoms in total. The Balaban J connectivity index is 1.59. The third kappa shape index (κ3) is 4.90. The largest absolute Gasteiger partial charge is 0.508 e. The van der Waals surface area contributed by atoms with Crippen molar-refractivity contribution in [1.29, 1.82) is 0 Å². The van der Waals surface area contributed by atoms with Crippen molar-refractivity contribution in [2.75, 3.05) is 49.1 Å². The second-order valence-corrected chi connectivity index (χ2v) is 13.5. The summed E-state index contributed by atoms with van der Waals surface area (Å²) in [5.74, 6) is 0.422. The predicted octanol–water partition coefficient (Wildman–Crippen LogP) is 1.45. The summed E-state index contributed by atoms with van der Waals surface area (Å²) in [6.45, 7) is 4.11. The van der Waals surface area contributed by atoms with Gasteiger partial charge in [-0.15, -0.1) is 11.3 Å². The van der Waals surface area contributed by atoms with E-state index in [9.17, 15) is 21.9 Å². The lowest BCUT2D eigenvalue weighted by Gasteiger charge is -2.45. The first kappa shape index (κ1) is 22.5. The number of piperazine rings is 1. The maximum Gasteiger partial charge on any atom is 0.252 e. The molecule has 4 rings (SSSR count). The van der Waals surface area contributed by atoms with Gasteiger partial charge in [0.1, 0.15) is 9.96 Å². The van der Waals surface area contributed by atoms with Gasteiger partial charge in [0.05, 0.1) is 17.5 Å². The zero-order valence-electron chi connectivity index (χ0n) is 17.3. The maximum atomic E-state index is 13.1. The van der Waals surface area contributed by atoms with Crippen LogP contribution >= 0.6 is 11.3 Å². The molecule has 0 amide bonds. The highest BCUT2D eigenvalue weighted by Gasteiger charge is 2.37. The van der Waals surface area contributed by atoms with Crippen LogP contribution in [-0.4, -0.2) is 87.5 Å². The Labute approximate surface area is 187 Å². The number of thiophene rings is 1. The monoisotopic (exact) mass is 485 g/mol. The minimum atomic E-state index is -3.57. The molecular weight excluding hydrogens is 458 g/mol. The number of hydrogen-bond donors (Lipinski definition) is 1. The third-order valence-electron chi connectivity index (χ3n) is 5.97. The molecule has 1 N–H and O–H groups in total. The van der Waals surface area contributed by atoms with Gasteiger partial charge in [-0.05, 0) is 42.6 Å². The summed E-state index contributed by atoms with van der Waals surface area (Å²) in [5.41, 5.74) is 0.910. The van der Waals surface area contributed by atoms with Gasteiger partial charge in [0.2, 0.25) is 0 Å². The van der Waals surface area contributed by atoms with Crippen LogP contribution in [0, 0.1) is 0 Å². The smallest absolute Gasteiger partial charge is 0.252 e. The van der Waals surface area contributed by atoms with Crippen molar-refractivity contribution in [2.24, 2.45) is 0 Å². The van der Waals surface area contributed by atoms with Crippen molar-refractivity contribution in [3.63, 3.8) is 0 Å². The molecule has 0 bridgehead atoms. The van der Waals surface area contributed by atoms with E-state index in [0.717, 1.165) is 5.69 Å². The van der Waals surface area contributed by atoms with Gasteiger partial charge in [-0.25, -0.2) is 16.8 Å². The molecule has 0 aliphatic carbocycles. The highest BCUT2D eigenvalue weighted by molar-refractivity contribution is 7.91. The van der Waals surface area contributed by atoms with E-state index in [2.05, 4.69) is 9.80 Å². The van der Waals surface area contributed by atoms with Crippen LogP contribution in [0.25, 0.3) is 0 Å². The lowest BCUT2D eigenvalue weighted by Crippen LogP contribution is -2.60. The predicted molar refractivity (Wildman–Crippen MR) is 122 cm³/mol. The Kier molecular flexibility index (Phi) is 6.32. The molecule has 2 atom stereocenters. The van der Waals surface area contributed by atoms with E-state index in [1.165, 1.54) is 15.6 Å². The van der Waals surface area contributed by atoms with Crippen molar-refractivity contribution in [1.82, 2.24) is 9.21 Å². The number of aromatic hydroxyl groups is 1. The van der Waals surface area contributed by atoms with E-state index in [0.29, 0.717) is 36.9 Å². The number of rotatable bonds is 5. The quantitative estimate of drug-likeness (QED) is 0.685. The van der Waals surface area contributed by atoms with Crippen molar-refractivity contribution >= 4 is 36.9 Å². The van der Waals surface area contributed by atoms with Gasteiger partial charge in [0.15, 0.2) is 9.84 Å². The van der Waals surface area contributed by atoms with Gasteiger partial charge < -0.3 is 10.0 Å². The van der Waals surface area contributed by atoms with Gasteiger partial charge in [-0.2, -0.15) is 4.31 Å². The minimum Gasteiger partial charge on any atom is -0.508 e. The van der Waals surface area contributed by atoms with E-state index >= 15 is 0 Å². The first-order valence-electron chi connectivity index (χ1n) is 10.2. The summed E-state index contributed by atoms with van der Waals surface area (Å²) >= 11 is 1.21. The third-order valence-corrected chi connectivity index (χ3v) is 11.0. The Morgan fingerprint density at radius 2 is 1.87 bits per heavy atom. The molecular formula is C20H27N3O5S3. The van der Waals surface area contributed by atoms with Crippen LogP contribution in [0.4, 0.5) is 5.69 Å². The standard InChI is InChI=1S/C20H27N3O5S3/c1-16-15-30(25,26)12-10-21(16)13-18-14-22(31(27,28)20-3-2-11-29-20)8-9-23(18)17-4-6-19(24)7-5-17/h2-7,11,16,18,24H,8-10,12-15H2,1H3/t16-,18+/m1/s1. The summed E-state index contributed by atoms with van der Waals surface area (Å²) < 4.78 is 52.1. The normalized spacial score (nSPS) is 25.5. The van der Waals surface area contributed by atoms with Crippen LogP contribution in [0.3, 0.4) is 0 Å². The molecule has 1 aromatic heterocycles. The number of anilines is 1. The number of nitrogens with zero attached hydrogens (tertiary/aromatic N) is 3. The zero-order valence-corrected chi connectivity index (χ0v) is 19.7. The number of phenolic OH excluding ortho intramolecular Hbond substituents is 1. The molecule has 2 saturated heterocycles. The van der Waals surface area contributed by atoms with Gasteiger partial charge in [-0.3, -0.25) is 4.90 Å². The number of sulfone groups is 1. The second kappa shape index (κ2) is 8.70. The van der Waals surface area contributed by atoms with Gasteiger partial charge >= 0.3 is 0 Å². The maximum absolute atomic E-state index is 13.1. The van der Waals surface area contributed by atoms with Gasteiger partial charge in [-0.1, -0.05) is 6.07 Å². The second-order valence-electron chi connectivity index (χ2n) is 8.12. The molecule has 2 aliphatic rings. The Morgan fingerprint density at radius 1 is 1.13 bits per heavy atom. The van der Waals surface area contributed by atoms with E-state index in [1.807, 2.05) is 19.1 Å². The molecule has 11 heteroatoms. The van der Waals surface area contributed by atoms with Crippen molar-refractivity contribution in [3.8, 4) is 5.75 Å². The molecule has 170 valence electrons. The average molecular weight is 486 g/mol. The van der Waals surface area contributed by atoms with Crippen molar-refractivity contribution < 1.29 is 21.9 Å². The SMILES string of the molecule is C[C@@H]1CS(=O)(=O)CCN1C[C@H]1CN(S(=O)(=O)c2cccs2)CCN1c1ccc(O)cc1. The highest BCUT2D eigenvalue weighted by atomic mass is 32.2. The number of sulfonamides is 1. The molecule has 0 spiro atoms. The van der Waals surface area contributed by atoms with E-state index in [4.69, 9.17) is 0 Å². The summed E-state index contributed by atoms with van der Waals surface area (Å²) in [5, 5.41) is 11.4. The summed E-state index contributed by atoms with van der Waals surface area (Å²) in [6, 6.07) is 10.00. The lowest BCUT2D eigenvalue weighted by atomic mass is 10.1. The zero-order chi connectivity index (χ0) is 22.2. The fourth-order valence-electron chi connectivity index (χ4n) is 4.30. The van der Waals surface area contributed by atoms with Crippen LogP contribution in [0.5, 0.6) is 5.75 Å². The Bertz CT molecular complexity index is 1100. The molecule has 1 aromatic carbocycles. The number of hydrogen-bond acceptors (Lipinski definition) is 8. The van der Waals surface area contributed by atoms with Crippen LogP contribution in [0.2, 0.25) is 0 Å². The van der Waals surface area contributed by atoms with Gasteiger partial charge in [0, 0.05) is 44.5 Å². The van der Waals surface area contributed by atoms with E-state index in [1.54, 1.807) is 29.6 Å². The van der Waals surface area contributed by atoms with Crippen molar-refractivity contribution in [3.05, 3.63) is 41.8 Å². The summed E-state index contributed by atoms with van der Waals surface area (Å²) in [6.07, 6.45) is 0. The van der Waals surface area contributed by atoms with Crippen LogP contribution in [0.15, 0.2) is 46.0 Å². The number of phenols is 1. The average Bonchev–Trinajstić information content (AvgIpc) is 3.26. The molecule has 0 saturated carbocycles. The van der Waals surface area contributed by atoms with E-state index < -0.39 is 19.9 Å². The molecule has 2 aromatic rings. The molecule has 0 unspecified atom stereocenters. The van der Waals surface area contributed by atoms with Crippen LogP contribution in [0.1, 0.15) is 6.92 Å². The van der Waals surface area contributed by atoms with Crippen molar-refractivity contribution in [2.45, 2.75) is 23.2 Å². The fraction of sp³-hybridized carbons (Fsp3) is 0.500. The van der Waals surface area contributed by atoms with Crippen LogP contribution < -0.4 is 4.90 Å². The minimum absolute atomic E-state index is 0.121. The molecule has 2 fully saturated rings. The first-order chi connectivity index (χ1) is 14.7. The lowest BCUT2D eigenvalue weighted by molar-refractivity contribution is 0.190. The topological polar surface area (TPSA) is 98.2 Å². The molecule has 31 heavy (non-hydrogen) atoms. The summed E-state index contributed by atoms with van der Waals surface area (Å²) in [7, 11) is -6.59. The molecule has 3 heterocycles. The first-order valence-corrected chi connectivity index (χ1v) is 14.3.